The molecule has 1 amide bonds. The van der Waals surface area contributed by atoms with E-state index in [1.165, 1.54) is 0 Å². The van der Waals surface area contributed by atoms with Crippen LogP contribution >= 0.6 is 28.3 Å². The number of hydrogen-bond donors (Lipinski definition) is 2. The summed E-state index contributed by atoms with van der Waals surface area (Å²) in [5, 5.41) is 2.80. The molecule has 120 valence electrons. The van der Waals surface area contributed by atoms with E-state index in [9.17, 15) is 4.79 Å². The van der Waals surface area contributed by atoms with Gasteiger partial charge in [0.25, 0.3) is 0 Å². The molecule has 0 saturated carbocycles. The Morgan fingerprint density at radius 3 is 2.19 bits per heavy atom. The molecule has 0 heterocycles. The maximum atomic E-state index is 12.2. The van der Waals surface area contributed by atoms with E-state index in [4.69, 9.17) is 15.2 Å². The van der Waals surface area contributed by atoms with Gasteiger partial charge in [0.15, 0.2) is 0 Å². The molecule has 0 radical (unpaired) electrons. The molecule has 0 aromatic heterocycles. The second kappa shape index (κ2) is 8.46. The maximum absolute atomic E-state index is 12.2. The third-order valence-corrected chi connectivity index (χ3v) is 3.77. The van der Waals surface area contributed by atoms with Crippen molar-refractivity contribution in [3.63, 3.8) is 0 Å². The number of halogens is 2. The first-order valence-corrected chi connectivity index (χ1v) is 7.16. The van der Waals surface area contributed by atoms with Crippen molar-refractivity contribution >= 4 is 39.9 Å². The highest BCUT2D eigenvalue weighted by Crippen LogP contribution is 2.37. The SMILES string of the molecule is CCCC(C)(N)C(=O)Nc1cc(OC)c(Br)c(OC)c1.Cl. The molecule has 0 bridgehead atoms. The summed E-state index contributed by atoms with van der Waals surface area (Å²) < 4.78 is 11.2. The van der Waals surface area contributed by atoms with Gasteiger partial charge in [-0.1, -0.05) is 13.3 Å². The van der Waals surface area contributed by atoms with E-state index in [1.54, 1.807) is 33.3 Å². The van der Waals surface area contributed by atoms with Crippen LogP contribution in [0.4, 0.5) is 5.69 Å². The Kier molecular flexibility index (Phi) is 8.06. The lowest BCUT2D eigenvalue weighted by atomic mass is 9.96. The second-order valence-electron chi connectivity index (χ2n) is 4.82. The van der Waals surface area contributed by atoms with Gasteiger partial charge in [-0.3, -0.25) is 4.79 Å². The fraction of sp³-hybridized carbons (Fsp3) is 0.500. The summed E-state index contributed by atoms with van der Waals surface area (Å²) in [6.07, 6.45) is 1.46. The highest BCUT2D eigenvalue weighted by atomic mass is 79.9. The monoisotopic (exact) mass is 380 g/mol. The van der Waals surface area contributed by atoms with Crippen LogP contribution in [0.3, 0.4) is 0 Å². The van der Waals surface area contributed by atoms with Crippen molar-refractivity contribution in [2.24, 2.45) is 5.73 Å². The number of anilines is 1. The number of methoxy groups -OCH3 is 2. The molecule has 0 aliphatic carbocycles. The summed E-state index contributed by atoms with van der Waals surface area (Å²) in [4.78, 5) is 12.2. The molecule has 0 fully saturated rings. The number of ether oxygens (including phenoxy) is 2. The van der Waals surface area contributed by atoms with Crippen LogP contribution in [0.5, 0.6) is 11.5 Å². The number of rotatable bonds is 6. The summed E-state index contributed by atoms with van der Waals surface area (Å²) in [6, 6.07) is 3.43. The van der Waals surface area contributed by atoms with Gasteiger partial charge < -0.3 is 20.5 Å². The lowest BCUT2D eigenvalue weighted by Gasteiger charge is -2.23. The Hall–Kier alpha value is -0.980. The van der Waals surface area contributed by atoms with Gasteiger partial charge in [-0.2, -0.15) is 0 Å². The van der Waals surface area contributed by atoms with Crippen LogP contribution in [-0.2, 0) is 4.79 Å². The number of nitrogens with two attached hydrogens (primary N) is 1. The van der Waals surface area contributed by atoms with Crippen molar-refractivity contribution in [3.05, 3.63) is 16.6 Å². The van der Waals surface area contributed by atoms with Gasteiger partial charge in [-0.25, -0.2) is 0 Å². The second-order valence-corrected chi connectivity index (χ2v) is 5.61. The van der Waals surface area contributed by atoms with Gasteiger partial charge in [-0.15, -0.1) is 12.4 Å². The van der Waals surface area contributed by atoms with Crippen LogP contribution < -0.4 is 20.5 Å². The zero-order valence-corrected chi connectivity index (χ0v) is 15.1. The molecule has 21 heavy (non-hydrogen) atoms. The molecule has 3 N–H and O–H groups in total. The standard InChI is InChI=1S/C14H21BrN2O3.ClH/c1-5-6-14(2,16)13(18)17-9-7-10(19-3)12(15)11(8-9)20-4;/h7-8H,5-6,16H2,1-4H3,(H,17,18);1H. The van der Waals surface area contributed by atoms with Gasteiger partial charge in [0.05, 0.1) is 19.8 Å². The minimum Gasteiger partial charge on any atom is -0.495 e. The number of benzene rings is 1. The zero-order chi connectivity index (χ0) is 15.3. The Morgan fingerprint density at radius 2 is 1.81 bits per heavy atom. The fourth-order valence-corrected chi connectivity index (χ4v) is 2.40. The van der Waals surface area contributed by atoms with E-state index >= 15 is 0 Å². The van der Waals surface area contributed by atoms with Crippen LogP contribution in [0, 0.1) is 0 Å². The predicted octanol–water partition coefficient (Wildman–Crippen LogP) is 3.34. The van der Waals surface area contributed by atoms with Crippen LogP contribution in [0.15, 0.2) is 16.6 Å². The van der Waals surface area contributed by atoms with Crippen LogP contribution in [-0.4, -0.2) is 25.7 Å². The number of nitrogens with one attached hydrogen (secondary N) is 1. The van der Waals surface area contributed by atoms with Crippen LogP contribution in [0.2, 0.25) is 0 Å². The van der Waals surface area contributed by atoms with Gasteiger partial charge in [-0.05, 0) is 29.3 Å². The first-order valence-electron chi connectivity index (χ1n) is 6.37. The Balaban J connectivity index is 0.00000400. The molecule has 1 atom stereocenters. The zero-order valence-electron chi connectivity index (χ0n) is 12.7. The molecule has 1 rings (SSSR count). The number of carbonyl (C=O) groups is 1. The molecule has 7 heteroatoms. The number of carbonyl (C=O) groups excluding carboxylic acids is 1. The lowest BCUT2D eigenvalue weighted by Crippen LogP contribution is -2.48. The molecule has 1 aromatic rings. The Morgan fingerprint density at radius 1 is 1.33 bits per heavy atom. The predicted molar refractivity (Wildman–Crippen MR) is 90.6 cm³/mol. The third-order valence-electron chi connectivity index (χ3n) is 2.99. The molecule has 0 spiro atoms. The van der Waals surface area contributed by atoms with Crippen molar-refractivity contribution in [2.45, 2.75) is 32.2 Å². The van der Waals surface area contributed by atoms with Crippen molar-refractivity contribution < 1.29 is 14.3 Å². The maximum Gasteiger partial charge on any atom is 0.244 e. The summed E-state index contributed by atoms with van der Waals surface area (Å²) >= 11 is 3.38. The number of hydrogen-bond acceptors (Lipinski definition) is 4. The smallest absolute Gasteiger partial charge is 0.244 e. The van der Waals surface area contributed by atoms with Crippen molar-refractivity contribution in [1.29, 1.82) is 0 Å². The number of amides is 1. The molecule has 5 nitrogen and oxygen atoms in total. The molecule has 0 aliphatic heterocycles. The van der Waals surface area contributed by atoms with Crippen molar-refractivity contribution in [3.8, 4) is 11.5 Å². The molecular formula is C14H22BrClN2O3. The van der Waals surface area contributed by atoms with Gasteiger partial charge >= 0.3 is 0 Å². The Labute approximate surface area is 140 Å². The Bertz CT molecular complexity index is 470. The highest BCUT2D eigenvalue weighted by Gasteiger charge is 2.27. The first-order chi connectivity index (χ1) is 9.35. The van der Waals surface area contributed by atoms with Crippen LogP contribution in [0.25, 0.3) is 0 Å². The normalized spacial score (nSPS) is 12.9. The average molecular weight is 382 g/mol. The van der Waals surface area contributed by atoms with E-state index in [2.05, 4.69) is 21.2 Å². The van der Waals surface area contributed by atoms with E-state index in [0.29, 0.717) is 28.1 Å². The lowest BCUT2D eigenvalue weighted by molar-refractivity contribution is -0.120. The molecule has 1 aromatic carbocycles. The van der Waals surface area contributed by atoms with E-state index in [1.807, 2.05) is 6.92 Å². The minimum absolute atomic E-state index is 0. The summed E-state index contributed by atoms with van der Waals surface area (Å²) in [6.45, 7) is 3.71. The van der Waals surface area contributed by atoms with E-state index in [-0.39, 0.29) is 18.3 Å². The molecule has 1 unspecified atom stereocenters. The average Bonchev–Trinajstić information content (AvgIpc) is 2.40. The molecular weight excluding hydrogens is 360 g/mol. The third kappa shape index (κ3) is 5.05. The molecule has 0 saturated heterocycles. The first kappa shape index (κ1) is 20.0. The van der Waals surface area contributed by atoms with Crippen molar-refractivity contribution in [1.82, 2.24) is 0 Å². The topological polar surface area (TPSA) is 73.6 Å². The van der Waals surface area contributed by atoms with Gasteiger partial charge in [0, 0.05) is 17.8 Å². The minimum atomic E-state index is -0.901. The largest absolute Gasteiger partial charge is 0.495 e. The summed E-state index contributed by atoms with van der Waals surface area (Å²) in [5.41, 5.74) is 5.69. The van der Waals surface area contributed by atoms with Gasteiger partial charge in [0.2, 0.25) is 5.91 Å². The van der Waals surface area contributed by atoms with Crippen LogP contribution in [0.1, 0.15) is 26.7 Å². The summed E-state index contributed by atoms with van der Waals surface area (Å²) in [7, 11) is 3.10. The molecule has 0 aliphatic rings. The van der Waals surface area contributed by atoms with E-state index < -0.39 is 5.54 Å². The quantitative estimate of drug-likeness (QED) is 0.792. The highest BCUT2D eigenvalue weighted by molar-refractivity contribution is 9.10. The summed E-state index contributed by atoms with van der Waals surface area (Å²) in [5.74, 6) is 0.925. The van der Waals surface area contributed by atoms with E-state index in [0.717, 1.165) is 6.42 Å². The van der Waals surface area contributed by atoms with Crippen molar-refractivity contribution in [2.75, 3.05) is 19.5 Å². The van der Waals surface area contributed by atoms with Gasteiger partial charge in [0.1, 0.15) is 16.0 Å². The fourth-order valence-electron chi connectivity index (χ4n) is 1.85.